The summed E-state index contributed by atoms with van der Waals surface area (Å²) in [6, 6.07) is 0. The first kappa shape index (κ1) is 19.7. The van der Waals surface area contributed by atoms with Crippen molar-refractivity contribution in [2.45, 2.75) is 84.2 Å². The van der Waals surface area contributed by atoms with E-state index in [1.54, 1.807) is 0 Å². The van der Waals surface area contributed by atoms with Crippen molar-refractivity contribution in [1.29, 1.82) is 0 Å². The molecule has 0 bridgehead atoms. The maximum absolute atomic E-state index is 5.67. The first-order chi connectivity index (χ1) is 10.8. The lowest BCUT2D eigenvalue weighted by Gasteiger charge is -2.27. The van der Waals surface area contributed by atoms with E-state index in [0.717, 1.165) is 31.4 Å². The number of thiocarbonyl (C=S) groups is 1. The molecule has 1 saturated heterocycles. The molecule has 1 aliphatic heterocycles. The number of ether oxygens (including phenoxy) is 1. The van der Waals surface area contributed by atoms with Gasteiger partial charge in [-0.1, -0.05) is 52.4 Å². The Labute approximate surface area is 143 Å². The van der Waals surface area contributed by atoms with Gasteiger partial charge in [0, 0.05) is 26.2 Å². The van der Waals surface area contributed by atoms with Crippen molar-refractivity contribution in [2.75, 3.05) is 26.2 Å². The van der Waals surface area contributed by atoms with E-state index in [1.807, 2.05) is 0 Å². The van der Waals surface area contributed by atoms with E-state index in [1.165, 1.54) is 64.2 Å². The van der Waals surface area contributed by atoms with Crippen LogP contribution in [0.5, 0.6) is 0 Å². The van der Waals surface area contributed by atoms with Crippen LogP contribution in [0, 0.1) is 0 Å². The first-order valence-corrected chi connectivity index (χ1v) is 9.83. The van der Waals surface area contributed by atoms with E-state index in [2.05, 4.69) is 24.1 Å². The molecule has 0 aliphatic carbocycles. The molecule has 130 valence electrons. The summed E-state index contributed by atoms with van der Waals surface area (Å²) < 4.78 is 5.67. The van der Waals surface area contributed by atoms with Crippen LogP contribution in [-0.4, -0.2) is 42.4 Å². The average Bonchev–Trinajstić information content (AvgIpc) is 3.04. The van der Waals surface area contributed by atoms with Crippen molar-refractivity contribution in [3.05, 3.63) is 0 Å². The number of hydrogen-bond acceptors (Lipinski definition) is 2. The van der Waals surface area contributed by atoms with Gasteiger partial charge in [-0.3, -0.25) is 0 Å². The number of rotatable bonds is 12. The topological polar surface area (TPSA) is 24.5 Å². The molecule has 0 spiro atoms. The molecule has 0 aromatic carbocycles. The van der Waals surface area contributed by atoms with Crippen LogP contribution in [0.1, 0.15) is 78.1 Å². The van der Waals surface area contributed by atoms with Crippen LogP contribution >= 0.6 is 12.2 Å². The fourth-order valence-corrected chi connectivity index (χ4v) is 3.16. The van der Waals surface area contributed by atoms with Crippen molar-refractivity contribution in [1.82, 2.24) is 10.2 Å². The highest BCUT2D eigenvalue weighted by atomic mass is 32.1. The molecule has 1 N–H and O–H groups in total. The zero-order valence-corrected chi connectivity index (χ0v) is 15.6. The van der Waals surface area contributed by atoms with Crippen LogP contribution in [0.2, 0.25) is 0 Å². The third-order valence-corrected chi connectivity index (χ3v) is 4.76. The molecule has 3 nitrogen and oxygen atoms in total. The molecule has 0 aromatic rings. The van der Waals surface area contributed by atoms with Gasteiger partial charge in [-0.15, -0.1) is 0 Å². The summed E-state index contributed by atoms with van der Waals surface area (Å²) in [6.07, 6.45) is 13.1. The van der Waals surface area contributed by atoms with Crippen molar-refractivity contribution in [3.63, 3.8) is 0 Å². The van der Waals surface area contributed by atoms with Gasteiger partial charge in [0.15, 0.2) is 5.11 Å². The second kappa shape index (κ2) is 13.1. The molecule has 0 aromatic heterocycles. The van der Waals surface area contributed by atoms with Gasteiger partial charge in [0.2, 0.25) is 0 Å². The molecule has 1 rings (SSSR count). The van der Waals surface area contributed by atoms with Crippen LogP contribution in [-0.2, 0) is 4.74 Å². The van der Waals surface area contributed by atoms with Gasteiger partial charge < -0.3 is 15.0 Å². The molecule has 0 amide bonds. The Morgan fingerprint density at radius 1 is 1.05 bits per heavy atom. The standard InChI is InChI=1S/C18H36N2OS/c1-3-5-7-9-13-20(14-10-8-6-4-2)18(22)19-16-17-12-11-15-21-17/h17H,3-16H2,1-2H3,(H,19,22). The first-order valence-electron chi connectivity index (χ1n) is 9.42. The van der Waals surface area contributed by atoms with Gasteiger partial charge in [-0.05, 0) is 37.9 Å². The summed E-state index contributed by atoms with van der Waals surface area (Å²) in [6.45, 7) is 8.51. The Bertz CT molecular complexity index is 268. The minimum atomic E-state index is 0.361. The fourth-order valence-electron chi connectivity index (χ4n) is 2.89. The molecule has 22 heavy (non-hydrogen) atoms. The summed E-state index contributed by atoms with van der Waals surface area (Å²) in [5, 5.41) is 4.37. The Morgan fingerprint density at radius 2 is 1.68 bits per heavy atom. The van der Waals surface area contributed by atoms with Gasteiger partial charge in [0.05, 0.1) is 6.10 Å². The fraction of sp³-hybridized carbons (Fsp3) is 0.944. The van der Waals surface area contributed by atoms with Crippen LogP contribution in [0.3, 0.4) is 0 Å². The molecule has 0 saturated carbocycles. The summed E-state index contributed by atoms with van der Waals surface area (Å²) in [7, 11) is 0. The number of nitrogens with zero attached hydrogens (tertiary/aromatic N) is 1. The molecule has 1 fully saturated rings. The third kappa shape index (κ3) is 8.94. The van der Waals surface area contributed by atoms with Gasteiger partial charge in [-0.25, -0.2) is 0 Å². The maximum Gasteiger partial charge on any atom is 0.169 e. The highest BCUT2D eigenvalue weighted by Crippen LogP contribution is 2.11. The Hall–Kier alpha value is -0.350. The van der Waals surface area contributed by atoms with Crippen LogP contribution in [0.15, 0.2) is 0 Å². The van der Waals surface area contributed by atoms with Gasteiger partial charge >= 0.3 is 0 Å². The van der Waals surface area contributed by atoms with E-state index in [9.17, 15) is 0 Å². The maximum atomic E-state index is 5.67. The molecule has 4 heteroatoms. The lowest BCUT2D eigenvalue weighted by Crippen LogP contribution is -2.43. The van der Waals surface area contributed by atoms with Crippen molar-refractivity contribution < 1.29 is 4.74 Å². The normalized spacial score (nSPS) is 17.6. The molecule has 1 atom stereocenters. The molecular weight excluding hydrogens is 292 g/mol. The van der Waals surface area contributed by atoms with Crippen LogP contribution < -0.4 is 5.32 Å². The summed E-state index contributed by atoms with van der Waals surface area (Å²) in [5.41, 5.74) is 0. The number of hydrogen-bond donors (Lipinski definition) is 1. The van der Waals surface area contributed by atoms with Crippen molar-refractivity contribution >= 4 is 17.3 Å². The van der Waals surface area contributed by atoms with Crippen molar-refractivity contribution in [2.24, 2.45) is 0 Å². The zero-order chi connectivity index (χ0) is 16.0. The van der Waals surface area contributed by atoms with E-state index < -0.39 is 0 Å². The monoisotopic (exact) mass is 328 g/mol. The lowest BCUT2D eigenvalue weighted by atomic mass is 10.2. The smallest absolute Gasteiger partial charge is 0.169 e. The zero-order valence-electron chi connectivity index (χ0n) is 14.7. The number of unbranched alkanes of at least 4 members (excludes halogenated alkanes) is 6. The second-order valence-corrected chi connectivity index (χ2v) is 6.82. The average molecular weight is 329 g/mol. The predicted molar refractivity (Wildman–Crippen MR) is 99.4 cm³/mol. The minimum Gasteiger partial charge on any atom is -0.376 e. The molecule has 0 radical (unpaired) electrons. The number of nitrogens with one attached hydrogen (secondary N) is 1. The molecular formula is C18H36N2OS. The summed E-state index contributed by atoms with van der Waals surface area (Å²) in [4.78, 5) is 2.38. The third-order valence-electron chi connectivity index (χ3n) is 4.36. The Morgan fingerprint density at radius 3 is 2.18 bits per heavy atom. The van der Waals surface area contributed by atoms with Gasteiger partial charge in [0.1, 0.15) is 0 Å². The largest absolute Gasteiger partial charge is 0.376 e. The Kier molecular flexibility index (Phi) is 11.7. The van der Waals surface area contributed by atoms with E-state index >= 15 is 0 Å². The molecule has 1 aliphatic rings. The second-order valence-electron chi connectivity index (χ2n) is 6.43. The summed E-state index contributed by atoms with van der Waals surface area (Å²) in [5.74, 6) is 0. The highest BCUT2D eigenvalue weighted by molar-refractivity contribution is 7.80. The van der Waals surface area contributed by atoms with Crippen molar-refractivity contribution in [3.8, 4) is 0 Å². The Balaban J connectivity index is 2.27. The summed E-state index contributed by atoms with van der Waals surface area (Å²) >= 11 is 5.63. The van der Waals surface area contributed by atoms with E-state index in [4.69, 9.17) is 17.0 Å². The predicted octanol–water partition coefficient (Wildman–Crippen LogP) is 4.50. The van der Waals surface area contributed by atoms with Gasteiger partial charge in [-0.2, -0.15) is 0 Å². The highest BCUT2D eigenvalue weighted by Gasteiger charge is 2.16. The SMILES string of the molecule is CCCCCCN(CCCCCC)C(=S)NCC1CCCO1. The van der Waals surface area contributed by atoms with E-state index in [0.29, 0.717) is 6.10 Å². The van der Waals surface area contributed by atoms with Crippen LogP contribution in [0.4, 0.5) is 0 Å². The van der Waals surface area contributed by atoms with Crippen LogP contribution in [0.25, 0.3) is 0 Å². The minimum absolute atomic E-state index is 0.361. The molecule has 1 unspecified atom stereocenters. The molecule has 1 heterocycles. The van der Waals surface area contributed by atoms with E-state index in [-0.39, 0.29) is 0 Å². The lowest BCUT2D eigenvalue weighted by molar-refractivity contribution is 0.113. The van der Waals surface area contributed by atoms with Gasteiger partial charge in [0.25, 0.3) is 0 Å². The quantitative estimate of drug-likeness (QED) is 0.421.